The highest BCUT2D eigenvalue weighted by atomic mass is 16.3. The molecule has 0 atom stereocenters. The second-order valence-corrected chi connectivity index (χ2v) is 4.36. The molecule has 0 aliphatic heterocycles. The van der Waals surface area contributed by atoms with Crippen molar-refractivity contribution >= 4 is 22.8 Å². The summed E-state index contributed by atoms with van der Waals surface area (Å²) in [7, 11) is 0. The fourth-order valence-corrected chi connectivity index (χ4v) is 1.91. The number of carbonyl (C=O) groups excluding carboxylic acids is 2. The van der Waals surface area contributed by atoms with Crippen molar-refractivity contribution in [2.45, 2.75) is 19.8 Å². The van der Waals surface area contributed by atoms with Crippen LogP contribution < -0.4 is 11.1 Å². The molecule has 5 nitrogen and oxygen atoms in total. The van der Waals surface area contributed by atoms with Crippen LogP contribution in [0.1, 0.15) is 18.1 Å². The highest BCUT2D eigenvalue weighted by Crippen LogP contribution is 2.23. The van der Waals surface area contributed by atoms with Gasteiger partial charge < -0.3 is 15.5 Å². The monoisotopic (exact) mass is 260 g/mol. The Balaban J connectivity index is 2.13. The number of aryl methyl sites for hydroxylation is 1. The number of amides is 2. The van der Waals surface area contributed by atoms with Crippen molar-refractivity contribution in [3.05, 3.63) is 35.6 Å². The molecule has 0 radical (unpaired) electrons. The van der Waals surface area contributed by atoms with Gasteiger partial charge in [-0.25, -0.2) is 0 Å². The van der Waals surface area contributed by atoms with Gasteiger partial charge in [-0.2, -0.15) is 0 Å². The molecular weight excluding hydrogens is 244 g/mol. The lowest BCUT2D eigenvalue weighted by atomic mass is 10.1. The first-order valence-electron chi connectivity index (χ1n) is 6.14. The van der Waals surface area contributed by atoms with E-state index in [4.69, 9.17) is 10.2 Å². The largest absolute Gasteiger partial charge is 0.464 e. The van der Waals surface area contributed by atoms with Crippen molar-refractivity contribution in [2.75, 3.05) is 6.54 Å². The lowest BCUT2D eigenvalue weighted by Gasteiger charge is -2.01. The van der Waals surface area contributed by atoms with Crippen LogP contribution in [-0.2, 0) is 22.4 Å². The number of hydrogen-bond donors (Lipinski definition) is 2. The molecule has 0 aliphatic carbocycles. The Kier molecular flexibility index (Phi) is 3.85. The van der Waals surface area contributed by atoms with E-state index < -0.39 is 5.91 Å². The maximum absolute atomic E-state index is 11.6. The molecule has 0 spiro atoms. The average Bonchev–Trinajstić information content (AvgIpc) is 2.78. The van der Waals surface area contributed by atoms with Gasteiger partial charge in [-0.1, -0.05) is 19.1 Å². The first kappa shape index (κ1) is 13.1. The minimum atomic E-state index is -0.557. The number of primary amides is 1. The molecule has 0 fully saturated rings. The average molecular weight is 260 g/mol. The van der Waals surface area contributed by atoms with Gasteiger partial charge in [-0.3, -0.25) is 9.59 Å². The van der Waals surface area contributed by atoms with Crippen LogP contribution in [0.2, 0.25) is 0 Å². The summed E-state index contributed by atoms with van der Waals surface area (Å²) in [5.41, 5.74) is 7.73. The van der Waals surface area contributed by atoms with Crippen LogP contribution in [-0.4, -0.2) is 18.4 Å². The van der Waals surface area contributed by atoms with Crippen LogP contribution in [0.4, 0.5) is 0 Å². The van der Waals surface area contributed by atoms with Gasteiger partial charge in [0.05, 0.1) is 19.2 Å². The van der Waals surface area contributed by atoms with Crippen molar-refractivity contribution in [3.8, 4) is 0 Å². The zero-order chi connectivity index (χ0) is 13.8. The molecule has 0 bridgehead atoms. The van der Waals surface area contributed by atoms with E-state index in [9.17, 15) is 9.59 Å². The molecule has 2 rings (SSSR count). The number of hydrogen-bond acceptors (Lipinski definition) is 3. The Morgan fingerprint density at radius 1 is 1.37 bits per heavy atom. The normalized spacial score (nSPS) is 10.6. The van der Waals surface area contributed by atoms with Crippen molar-refractivity contribution in [3.63, 3.8) is 0 Å². The van der Waals surface area contributed by atoms with E-state index >= 15 is 0 Å². The third-order valence-electron chi connectivity index (χ3n) is 2.94. The van der Waals surface area contributed by atoms with Gasteiger partial charge in [0.2, 0.25) is 11.8 Å². The van der Waals surface area contributed by atoms with Crippen LogP contribution >= 0.6 is 0 Å². The van der Waals surface area contributed by atoms with Gasteiger partial charge in [0.15, 0.2) is 0 Å². The number of rotatable bonds is 5. The highest BCUT2D eigenvalue weighted by molar-refractivity contribution is 5.89. The summed E-state index contributed by atoms with van der Waals surface area (Å²) in [4.78, 5) is 22.2. The van der Waals surface area contributed by atoms with Gasteiger partial charge in [0, 0.05) is 10.9 Å². The molecule has 0 aliphatic rings. The SMILES string of the molecule is CCc1ccc2c(CC(=O)NCC(N)=O)coc2c1. The Morgan fingerprint density at radius 3 is 2.84 bits per heavy atom. The topological polar surface area (TPSA) is 85.3 Å². The van der Waals surface area contributed by atoms with Crippen LogP contribution in [0.25, 0.3) is 11.0 Å². The van der Waals surface area contributed by atoms with Gasteiger partial charge in [0.1, 0.15) is 5.58 Å². The van der Waals surface area contributed by atoms with Crippen LogP contribution in [0.15, 0.2) is 28.9 Å². The smallest absolute Gasteiger partial charge is 0.236 e. The summed E-state index contributed by atoms with van der Waals surface area (Å²) in [5, 5.41) is 3.38. The molecule has 5 heteroatoms. The van der Waals surface area contributed by atoms with E-state index in [0.717, 1.165) is 23.0 Å². The number of benzene rings is 1. The van der Waals surface area contributed by atoms with E-state index in [2.05, 4.69) is 12.2 Å². The van der Waals surface area contributed by atoms with Crippen LogP contribution in [0.3, 0.4) is 0 Å². The molecule has 1 aromatic carbocycles. The number of carbonyl (C=O) groups is 2. The molecule has 2 aromatic rings. The Morgan fingerprint density at radius 2 is 2.16 bits per heavy atom. The lowest BCUT2D eigenvalue weighted by Crippen LogP contribution is -2.34. The van der Waals surface area contributed by atoms with Gasteiger partial charge in [-0.15, -0.1) is 0 Å². The maximum Gasteiger partial charge on any atom is 0.236 e. The second kappa shape index (κ2) is 5.56. The lowest BCUT2D eigenvalue weighted by molar-refractivity contribution is -0.124. The second-order valence-electron chi connectivity index (χ2n) is 4.36. The Labute approximate surface area is 110 Å². The quantitative estimate of drug-likeness (QED) is 0.845. The summed E-state index contributed by atoms with van der Waals surface area (Å²) in [6, 6.07) is 5.94. The highest BCUT2D eigenvalue weighted by Gasteiger charge is 2.11. The molecule has 3 N–H and O–H groups in total. The third kappa shape index (κ3) is 3.13. The van der Waals surface area contributed by atoms with E-state index in [0.29, 0.717) is 0 Å². The van der Waals surface area contributed by atoms with E-state index in [1.807, 2.05) is 18.2 Å². The Hall–Kier alpha value is -2.30. The van der Waals surface area contributed by atoms with Gasteiger partial charge in [0.25, 0.3) is 0 Å². The molecular formula is C14H16N2O3. The minimum Gasteiger partial charge on any atom is -0.464 e. The number of nitrogens with two attached hydrogens (primary N) is 1. The van der Waals surface area contributed by atoms with Gasteiger partial charge >= 0.3 is 0 Å². The van der Waals surface area contributed by atoms with Gasteiger partial charge in [-0.05, 0) is 18.1 Å². The fourth-order valence-electron chi connectivity index (χ4n) is 1.91. The van der Waals surface area contributed by atoms with Crippen LogP contribution in [0, 0.1) is 0 Å². The van der Waals surface area contributed by atoms with E-state index in [1.165, 1.54) is 5.56 Å². The first-order chi connectivity index (χ1) is 9.10. The zero-order valence-electron chi connectivity index (χ0n) is 10.7. The Bertz CT molecular complexity index is 616. The molecule has 2 amide bonds. The van der Waals surface area contributed by atoms with Crippen molar-refractivity contribution in [2.24, 2.45) is 5.73 Å². The minimum absolute atomic E-state index is 0.144. The van der Waals surface area contributed by atoms with E-state index in [-0.39, 0.29) is 18.9 Å². The molecule has 100 valence electrons. The molecule has 0 unspecified atom stereocenters. The standard InChI is InChI=1S/C14H16N2O3/c1-2-9-3-4-11-10(8-19-12(11)5-9)6-14(18)16-7-13(15)17/h3-5,8H,2,6-7H2,1H3,(H2,15,17)(H,16,18). The molecule has 1 aromatic heterocycles. The zero-order valence-corrected chi connectivity index (χ0v) is 10.7. The maximum atomic E-state index is 11.6. The first-order valence-corrected chi connectivity index (χ1v) is 6.14. The summed E-state index contributed by atoms with van der Waals surface area (Å²) in [6.45, 7) is 1.93. The molecule has 0 saturated carbocycles. The molecule has 0 saturated heterocycles. The van der Waals surface area contributed by atoms with Crippen molar-refractivity contribution in [1.29, 1.82) is 0 Å². The number of furan rings is 1. The van der Waals surface area contributed by atoms with E-state index in [1.54, 1.807) is 6.26 Å². The van der Waals surface area contributed by atoms with Crippen molar-refractivity contribution in [1.82, 2.24) is 5.32 Å². The fraction of sp³-hybridized carbons (Fsp3) is 0.286. The predicted octanol–water partition coefficient (Wildman–Crippen LogP) is 1.14. The van der Waals surface area contributed by atoms with Crippen LogP contribution in [0.5, 0.6) is 0 Å². The summed E-state index contributed by atoms with van der Waals surface area (Å²) in [6.07, 6.45) is 2.69. The number of fused-ring (bicyclic) bond motifs is 1. The molecule has 19 heavy (non-hydrogen) atoms. The number of nitrogens with one attached hydrogen (secondary N) is 1. The summed E-state index contributed by atoms with van der Waals surface area (Å²) >= 11 is 0. The summed E-state index contributed by atoms with van der Waals surface area (Å²) in [5.74, 6) is -0.806. The third-order valence-corrected chi connectivity index (χ3v) is 2.94. The predicted molar refractivity (Wildman–Crippen MR) is 71.5 cm³/mol. The molecule has 1 heterocycles. The summed E-state index contributed by atoms with van der Waals surface area (Å²) < 4.78 is 5.45. The van der Waals surface area contributed by atoms with Crippen molar-refractivity contribution < 1.29 is 14.0 Å².